The number of carbonyl (C=O) groups excluding carboxylic acids is 1. The van der Waals surface area contributed by atoms with Gasteiger partial charge in [-0.3, -0.25) is 4.79 Å². The van der Waals surface area contributed by atoms with E-state index >= 15 is 0 Å². The molecule has 0 bridgehead atoms. The van der Waals surface area contributed by atoms with Gasteiger partial charge in [0.15, 0.2) is 0 Å². The summed E-state index contributed by atoms with van der Waals surface area (Å²) in [7, 11) is 0. The molecule has 0 N–H and O–H groups in total. The molecule has 0 saturated heterocycles. The minimum atomic E-state index is 0.758. The molecule has 0 aliphatic heterocycles. The Morgan fingerprint density at radius 2 is 1.86 bits per heavy atom. The number of rotatable bonds is 1. The first-order valence-electron chi connectivity index (χ1n) is 4.58. The van der Waals surface area contributed by atoms with Gasteiger partial charge in [0.05, 0.1) is 0 Å². The van der Waals surface area contributed by atoms with Gasteiger partial charge >= 0.3 is 0 Å². The molecule has 1 aromatic carbocycles. The monoisotopic (exact) mass is 180 g/mol. The fourth-order valence-electron chi connectivity index (χ4n) is 1.99. The molecule has 2 aliphatic carbocycles. The molecule has 1 nitrogen and oxygen atoms in total. The van der Waals surface area contributed by atoms with Crippen molar-refractivity contribution in [2.24, 2.45) is 0 Å². The summed E-state index contributed by atoms with van der Waals surface area (Å²) in [6.07, 6.45) is 11.0. The Balaban J connectivity index is 2.41. The topological polar surface area (TPSA) is 17.1 Å². The number of aldehydes is 1. The van der Waals surface area contributed by atoms with Crippen LogP contribution in [0.25, 0.3) is 24.3 Å². The molecule has 0 radical (unpaired) electrons. The summed E-state index contributed by atoms with van der Waals surface area (Å²) in [5.74, 6) is 0. The number of allylic oxidation sites excluding steroid dienone is 2. The van der Waals surface area contributed by atoms with Gasteiger partial charge in [0.25, 0.3) is 0 Å². The molecule has 0 aromatic heterocycles. The zero-order valence-electron chi connectivity index (χ0n) is 7.53. The lowest BCUT2D eigenvalue weighted by atomic mass is 10.1. The molecule has 0 saturated carbocycles. The van der Waals surface area contributed by atoms with Gasteiger partial charge in [-0.05, 0) is 33.7 Å². The minimum absolute atomic E-state index is 0.758. The van der Waals surface area contributed by atoms with Gasteiger partial charge in [0.2, 0.25) is 0 Å². The second-order valence-electron chi connectivity index (χ2n) is 3.50. The SMILES string of the molecule is O=CC1=Cc2c3c(ccc2=C1)=CC=C3. The predicted octanol–water partition coefficient (Wildman–Crippen LogP) is 0.870. The summed E-state index contributed by atoms with van der Waals surface area (Å²) in [6.45, 7) is 0. The van der Waals surface area contributed by atoms with Crippen LogP contribution < -0.4 is 10.4 Å². The lowest BCUT2D eigenvalue weighted by Gasteiger charge is -1.97. The highest BCUT2D eigenvalue weighted by Crippen LogP contribution is 2.14. The van der Waals surface area contributed by atoms with Crippen molar-refractivity contribution in [3.8, 4) is 0 Å². The largest absolute Gasteiger partial charge is 0.298 e. The van der Waals surface area contributed by atoms with E-state index < -0.39 is 0 Å². The summed E-state index contributed by atoms with van der Waals surface area (Å²) < 4.78 is 0. The summed E-state index contributed by atoms with van der Waals surface area (Å²) in [4.78, 5) is 10.7. The van der Waals surface area contributed by atoms with Crippen LogP contribution in [0.1, 0.15) is 11.1 Å². The maximum Gasteiger partial charge on any atom is 0.150 e. The normalized spacial score (nSPS) is 15.3. The lowest BCUT2D eigenvalue weighted by Crippen LogP contribution is -2.13. The summed E-state index contributed by atoms with van der Waals surface area (Å²) in [5.41, 5.74) is 3.17. The molecule has 14 heavy (non-hydrogen) atoms. The maximum absolute atomic E-state index is 10.7. The van der Waals surface area contributed by atoms with Crippen LogP contribution in [0.15, 0.2) is 23.8 Å². The Kier molecular flexibility index (Phi) is 1.37. The first-order chi connectivity index (χ1) is 6.88. The van der Waals surface area contributed by atoms with Crippen molar-refractivity contribution in [2.45, 2.75) is 0 Å². The molecule has 1 heteroatoms. The van der Waals surface area contributed by atoms with Crippen LogP contribution in [0.4, 0.5) is 0 Å². The number of hydrogen-bond acceptors (Lipinski definition) is 1. The third kappa shape index (κ3) is 0.867. The third-order valence-corrected chi connectivity index (χ3v) is 2.66. The van der Waals surface area contributed by atoms with Crippen molar-refractivity contribution in [1.82, 2.24) is 0 Å². The van der Waals surface area contributed by atoms with Crippen molar-refractivity contribution in [3.63, 3.8) is 0 Å². The van der Waals surface area contributed by atoms with Crippen LogP contribution in [0, 0.1) is 0 Å². The van der Waals surface area contributed by atoms with Crippen molar-refractivity contribution in [1.29, 1.82) is 0 Å². The fraction of sp³-hybridized carbons (Fsp3) is 0. The molecule has 0 unspecified atom stereocenters. The van der Waals surface area contributed by atoms with E-state index in [1.54, 1.807) is 0 Å². The fourth-order valence-corrected chi connectivity index (χ4v) is 1.99. The van der Waals surface area contributed by atoms with E-state index in [9.17, 15) is 4.79 Å². The Morgan fingerprint density at radius 3 is 2.71 bits per heavy atom. The van der Waals surface area contributed by atoms with Crippen LogP contribution in [-0.2, 0) is 4.79 Å². The van der Waals surface area contributed by atoms with E-state index in [1.165, 1.54) is 16.3 Å². The Morgan fingerprint density at radius 1 is 1.00 bits per heavy atom. The average Bonchev–Trinajstić information content (AvgIpc) is 2.82. The molecule has 0 amide bonds. The zero-order valence-corrected chi connectivity index (χ0v) is 7.53. The summed E-state index contributed by atoms with van der Waals surface area (Å²) in [6, 6.07) is 4.15. The Hall–Kier alpha value is -1.89. The van der Waals surface area contributed by atoms with Gasteiger partial charge in [-0.2, -0.15) is 0 Å². The van der Waals surface area contributed by atoms with Crippen molar-refractivity contribution in [3.05, 3.63) is 45.3 Å². The molecule has 2 aliphatic rings. The van der Waals surface area contributed by atoms with E-state index in [1.807, 2.05) is 18.2 Å². The van der Waals surface area contributed by atoms with Crippen LogP contribution >= 0.6 is 0 Å². The van der Waals surface area contributed by atoms with E-state index in [4.69, 9.17) is 0 Å². The van der Waals surface area contributed by atoms with E-state index in [2.05, 4.69) is 24.3 Å². The van der Waals surface area contributed by atoms with E-state index in [0.717, 1.165) is 17.1 Å². The van der Waals surface area contributed by atoms with Gasteiger partial charge in [-0.1, -0.05) is 30.4 Å². The lowest BCUT2D eigenvalue weighted by molar-refractivity contribution is -0.104. The zero-order chi connectivity index (χ0) is 9.54. The summed E-state index contributed by atoms with van der Waals surface area (Å²) >= 11 is 0. The summed E-state index contributed by atoms with van der Waals surface area (Å²) in [5, 5.41) is 2.38. The van der Waals surface area contributed by atoms with E-state index in [-0.39, 0.29) is 0 Å². The van der Waals surface area contributed by atoms with Gasteiger partial charge in [0, 0.05) is 5.57 Å². The quantitative estimate of drug-likeness (QED) is 0.586. The molecule has 66 valence electrons. The highest BCUT2D eigenvalue weighted by atomic mass is 16.1. The number of carbonyl (C=O) groups is 1. The molecular weight excluding hydrogens is 172 g/mol. The Bertz CT molecular complexity index is 601. The molecular formula is C13H8O. The van der Waals surface area contributed by atoms with Crippen LogP contribution in [0.3, 0.4) is 0 Å². The van der Waals surface area contributed by atoms with Crippen molar-refractivity contribution in [2.75, 3.05) is 0 Å². The van der Waals surface area contributed by atoms with Gasteiger partial charge in [0.1, 0.15) is 6.29 Å². The third-order valence-electron chi connectivity index (χ3n) is 2.66. The second-order valence-corrected chi connectivity index (χ2v) is 3.50. The molecule has 0 fully saturated rings. The molecule has 3 rings (SSSR count). The standard InChI is InChI=1S/C13H8O/c14-8-9-6-11-5-4-10-2-1-3-12(10)13(11)7-9/h1-8H. The van der Waals surface area contributed by atoms with Gasteiger partial charge < -0.3 is 0 Å². The Labute approximate surface area is 81.4 Å². The highest BCUT2D eigenvalue weighted by molar-refractivity contribution is 5.97. The van der Waals surface area contributed by atoms with Crippen LogP contribution in [0.2, 0.25) is 0 Å². The van der Waals surface area contributed by atoms with Crippen molar-refractivity contribution < 1.29 is 4.79 Å². The molecule has 1 aromatic rings. The minimum Gasteiger partial charge on any atom is -0.298 e. The molecule has 0 heterocycles. The van der Waals surface area contributed by atoms with E-state index in [0.29, 0.717) is 0 Å². The van der Waals surface area contributed by atoms with Crippen LogP contribution in [-0.4, -0.2) is 6.29 Å². The molecule has 0 spiro atoms. The highest BCUT2D eigenvalue weighted by Gasteiger charge is 2.09. The molecule has 0 atom stereocenters. The number of hydrogen-bond donors (Lipinski definition) is 0. The maximum atomic E-state index is 10.7. The van der Waals surface area contributed by atoms with Gasteiger partial charge in [-0.15, -0.1) is 0 Å². The average molecular weight is 180 g/mol. The first-order valence-corrected chi connectivity index (χ1v) is 4.58. The predicted molar refractivity (Wildman–Crippen MR) is 57.7 cm³/mol. The van der Waals surface area contributed by atoms with Crippen LogP contribution in [0.5, 0.6) is 0 Å². The number of fused-ring (bicyclic) bond motifs is 3. The van der Waals surface area contributed by atoms with Gasteiger partial charge in [-0.25, -0.2) is 0 Å². The van der Waals surface area contributed by atoms with Crippen molar-refractivity contribution >= 4 is 30.6 Å². The first kappa shape index (κ1) is 7.51. The smallest absolute Gasteiger partial charge is 0.150 e. The number of benzene rings is 1. The second kappa shape index (κ2) is 2.55.